The topological polar surface area (TPSA) is 84.9 Å². The van der Waals surface area contributed by atoms with Crippen LogP contribution in [0.3, 0.4) is 0 Å². The SMILES string of the molecule is COc1ccc(C(C)NC(=O)C2CCN(S(=O)(=O)Cc3ccc(Cl)cc3Cl)CC2)cc1OC. The smallest absolute Gasteiger partial charge is 0.223 e. The van der Waals surface area contributed by atoms with Gasteiger partial charge in [-0.1, -0.05) is 35.3 Å². The zero-order valence-corrected chi connectivity index (χ0v) is 21.1. The average molecular weight is 515 g/mol. The van der Waals surface area contributed by atoms with Crippen molar-refractivity contribution < 1.29 is 22.7 Å². The second-order valence-corrected chi connectivity index (χ2v) is 10.8. The predicted octanol–water partition coefficient (Wildman–Crippen LogP) is 4.43. The van der Waals surface area contributed by atoms with Gasteiger partial charge in [-0.2, -0.15) is 0 Å². The van der Waals surface area contributed by atoms with Gasteiger partial charge in [0.2, 0.25) is 15.9 Å². The van der Waals surface area contributed by atoms with Crippen LogP contribution < -0.4 is 14.8 Å². The molecule has 180 valence electrons. The van der Waals surface area contributed by atoms with Crippen molar-refractivity contribution in [2.75, 3.05) is 27.3 Å². The van der Waals surface area contributed by atoms with Crippen molar-refractivity contribution >= 4 is 39.1 Å². The maximum Gasteiger partial charge on any atom is 0.223 e. The number of ether oxygens (including phenoxy) is 2. The van der Waals surface area contributed by atoms with Crippen LogP contribution in [0.4, 0.5) is 0 Å². The highest BCUT2D eigenvalue weighted by atomic mass is 35.5. The van der Waals surface area contributed by atoms with Gasteiger partial charge in [-0.3, -0.25) is 4.79 Å². The first-order chi connectivity index (χ1) is 15.6. The number of hydrogen-bond acceptors (Lipinski definition) is 5. The molecule has 0 saturated carbocycles. The highest BCUT2D eigenvalue weighted by molar-refractivity contribution is 7.88. The van der Waals surface area contributed by atoms with Gasteiger partial charge in [0.1, 0.15) is 0 Å². The Morgan fingerprint density at radius 3 is 2.36 bits per heavy atom. The van der Waals surface area contributed by atoms with E-state index in [0.717, 1.165) is 5.56 Å². The zero-order valence-electron chi connectivity index (χ0n) is 18.8. The molecule has 1 atom stereocenters. The van der Waals surface area contributed by atoms with E-state index < -0.39 is 10.0 Å². The number of piperidine rings is 1. The number of methoxy groups -OCH3 is 2. The summed E-state index contributed by atoms with van der Waals surface area (Å²) in [5.41, 5.74) is 1.39. The summed E-state index contributed by atoms with van der Waals surface area (Å²) in [5.74, 6) is 0.674. The summed E-state index contributed by atoms with van der Waals surface area (Å²) in [7, 11) is -0.421. The Hall–Kier alpha value is -2.00. The van der Waals surface area contributed by atoms with E-state index in [1.54, 1.807) is 32.4 Å². The molecular weight excluding hydrogens is 487 g/mol. The van der Waals surface area contributed by atoms with Gasteiger partial charge >= 0.3 is 0 Å². The van der Waals surface area contributed by atoms with Gasteiger partial charge in [-0.25, -0.2) is 12.7 Å². The molecule has 0 spiro atoms. The van der Waals surface area contributed by atoms with E-state index in [2.05, 4.69) is 5.32 Å². The molecule has 0 aromatic heterocycles. The molecule has 1 N–H and O–H groups in total. The van der Waals surface area contributed by atoms with Crippen LogP contribution >= 0.6 is 23.2 Å². The molecule has 2 aromatic carbocycles. The van der Waals surface area contributed by atoms with Crippen molar-refractivity contribution in [2.45, 2.75) is 31.6 Å². The monoisotopic (exact) mass is 514 g/mol. The fourth-order valence-corrected chi connectivity index (χ4v) is 6.01. The van der Waals surface area contributed by atoms with Crippen molar-refractivity contribution in [3.8, 4) is 11.5 Å². The van der Waals surface area contributed by atoms with E-state index >= 15 is 0 Å². The lowest BCUT2D eigenvalue weighted by molar-refractivity contribution is -0.126. The second kappa shape index (κ2) is 11.0. The van der Waals surface area contributed by atoms with Crippen LogP contribution in [0.25, 0.3) is 0 Å². The lowest BCUT2D eigenvalue weighted by Gasteiger charge is -2.31. The number of amides is 1. The van der Waals surface area contributed by atoms with Crippen LogP contribution in [0.2, 0.25) is 10.0 Å². The molecule has 3 rings (SSSR count). The first kappa shape index (κ1) is 25.6. The summed E-state index contributed by atoms with van der Waals surface area (Å²) in [6.45, 7) is 2.47. The Labute approximate surface area is 205 Å². The zero-order chi connectivity index (χ0) is 24.2. The first-order valence-corrected chi connectivity index (χ1v) is 12.9. The number of sulfonamides is 1. The molecule has 1 heterocycles. The highest BCUT2D eigenvalue weighted by Crippen LogP contribution is 2.31. The minimum absolute atomic E-state index is 0.0879. The molecule has 7 nitrogen and oxygen atoms in total. The molecule has 2 aromatic rings. The average Bonchev–Trinajstić information content (AvgIpc) is 2.80. The van der Waals surface area contributed by atoms with Gasteiger partial charge in [0.15, 0.2) is 11.5 Å². The van der Waals surface area contributed by atoms with E-state index in [1.165, 1.54) is 10.4 Å². The number of nitrogens with one attached hydrogen (secondary N) is 1. The van der Waals surface area contributed by atoms with Crippen LogP contribution in [0.15, 0.2) is 36.4 Å². The second-order valence-electron chi connectivity index (χ2n) is 8.01. The lowest BCUT2D eigenvalue weighted by atomic mass is 9.96. The largest absolute Gasteiger partial charge is 0.493 e. The Balaban J connectivity index is 1.57. The molecule has 33 heavy (non-hydrogen) atoms. The standard InChI is InChI=1S/C23H28Cl2N2O5S/c1-15(17-5-7-21(31-2)22(12-17)32-3)26-23(28)16-8-10-27(11-9-16)33(29,30)14-18-4-6-19(24)13-20(18)25/h4-7,12-13,15-16H,8-11,14H2,1-3H3,(H,26,28). The van der Waals surface area contributed by atoms with Crippen molar-refractivity contribution in [1.82, 2.24) is 9.62 Å². The number of carbonyl (C=O) groups is 1. The van der Waals surface area contributed by atoms with Crippen LogP contribution in [-0.2, 0) is 20.6 Å². The third-order valence-corrected chi connectivity index (χ3v) is 8.25. The van der Waals surface area contributed by atoms with Crippen LogP contribution in [0.1, 0.15) is 36.9 Å². The first-order valence-electron chi connectivity index (χ1n) is 10.6. The number of hydrogen-bond donors (Lipinski definition) is 1. The Morgan fingerprint density at radius 1 is 1.09 bits per heavy atom. The van der Waals surface area contributed by atoms with Gasteiger partial charge in [-0.05, 0) is 55.2 Å². The maximum atomic E-state index is 12.9. The van der Waals surface area contributed by atoms with Crippen molar-refractivity contribution in [2.24, 2.45) is 5.92 Å². The summed E-state index contributed by atoms with van der Waals surface area (Å²) in [4.78, 5) is 12.8. The van der Waals surface area contributed by atoms with Gasteiger partial charge < -0.3 is 14.8 Å². The van der Waals surface area contributed by atoms with Gasteiger partial charge in [0.25, 0.3) is 0 Å². The van der Waals surface area contributed by atoms with Crippen molar-refractivity contribution in [3.63, 3.8) is 0 Å². The molecule has 0 aliphatic carbocycles. The molecule has 1 amide bonds. The fourth-order valence-electron chi connectivity index (χ4n) is 3.86. The minimum Gasteiger partial charge on any atom is -0.493 e. The number of benzene rings is 2. The molecule has 1 unspecified atom stereocenters. The van der Waals surface area contributed by atoms with E-state index in [-0.39, 0.29) is 36.7 Å². The van der Waals surface area contributed by atoms with Crippen LogP contribution in [0, 0.1) is 5.92 Å². The predicted molar refractivity (Wildman–Crippen MR) is 129 cm³/mol. The normalized spacial score (nSPS) is 16.3. The van der Waals surface area contributed by atoms with Gasteiger partial charge in [-0.15, -0.1) is 0 Å². The fraction of sp³-hybridized carbons (Fsp3) is 0.435. The molecule has 0 bridgehead atoms. The summed E-state index contributed by atoms with van der Waals surface area (Å²) in [6.07, 6.45) is 0.913. The summed E-state index contributed by atoms with van der Waals surface area (Å²) >= 11 is 12.0. The summed E-state index contributed by atoms with van der Waals surface area (Å²) in [6, 6.07) is 10.1. The Bertz CT molecular complexity index is 1100. The minimum atomic E-state index is -3.55. The number of nitrogens with zero attached hydrogens (tertiary/aromatic N) is 1. The van der Waals surface area contributed by atoms with Crippen molar-refractivity contribution in [3.05, 3.63) is 57.6 Å². The Kier molecular flexibility index (Phi) is 8.50. The van der Waals surface area contributed by atoms with Crippen LogP contribution in [-0.4, -0.2) is 45.9 Å². The molecule has 1 aliphatic rings. The van der Waals surface area contributed by atoms with E-state index in [4.69, 9.17) is 32.7 Å². The van der Waals surface area contributed by atoms with Gasteiger partial charge in [0, 0.05) is 29.1 Å². The van der Waals surface area contributed by atoms with Crippen LogP contribution in [0.5, 0.6) is 11.5 Å². The molecule has 1 saturated heterocycles. The third-order valence-electron chi connectivity index (χ3n) is 5.84. The van der Waals surface area contributed by atoms with Crippen molar-refractivity contribution in [1.29, 1.82) is 0 Å². The molecule has 10 heteroatoms. The maximum absolute atomic E-state index is 12.9. The summed E-state index contributed by atoms with van der Waals surface area (Å²) in [5, 5.41) is 3.81. The van der Waals surface area contributed by atoms with E-state index in [1.807, 2.05) is 19.1 Å². The highest BCUT2D eigenvalue weighted by Gasteiger charge is 2.32. The third kappa shape index (κ3) is 6.32. The number of halogens is 2. The Morgan fingerprint density at radius 2 is 1.76 bits per heavy atom. The summed E-state index contributed by atoms with van der Waals surface area (Å²) < 4.78 is 37.7. The molecule has 0 radical (unpaired) electrons. The molecule has 1 fully saturated rings. The number of carbonyl (C=O) groups excluding carboxylic acids is 1. The molecular formula is C23H28Cl2N2O5S. The van der Waals surface area contributed by atoms with Gasteiger partial charge in [0.05, 0.1) is 26.0 Å². The van der Waals surface area contributed by atoms with E-state index in [0.29, 0.717) is 39.9 Å². The lowest BCUT2D eigenvalue weighted by Crippen LogP contribution is -2.43. The molecule has 1 aliphatic heterocycles. The number of rotatable bonds is 8. The van der Waals surface area contributed by atoms with E-state index in [9.17, 15) is 13.2 Å². The quantitative estimate of drug-likeness (QED) is 0.563.